The Morgan fingerprint density at radius 2 is 2.00 bits per heavy atom. The van der Waals surface area contributed by atoms with Gasteiger partial charge in [0.1, 0.15) is 12.4 Å². The molecule has 1 amide bonds. The topological polar surface area (TPSA) is 41.6 Å². The molecule has 0 spiro atoms. The smallest absolute Gasteiger partial charge is 0.254 e. The van der Waals surface area contributed by atoms with Crippen LogP contribution in [0.4, 0.5) is 0 Å². The average Bonchev–Trinajstić information content (AvgIpc) is 2.67. The number of carbonyl (C=O) groups is 1. The molecule has 25 heavy (non-hydrogen) atoms. The largest absolute Gasteiger partial charge is 0.489 e. The van der Waals surface area contributed by atoms with E-state index < -0.39 is 0 Å². The Hall–Kier alpha value is -2.04. The highest BCUT2D eigenvalue weighted by atomic mass is 35.5. The van der Waals surface area contributed by atoms with Gasteiger partial charge in [-0.2, -0.15) is 0 Å². The standard InChI is InChI=1S/C20H24N2O2.ClH/c1-22(18-10-6-12-21-14-18)20(23)17-9-5-11-19(13-17)24-15-16-7-3-2-4-8-16;/h2-5,7-9,11,13,18,21H,6,10,12,14-15H2,1H3;1H/t18-;/m1./s1. The maximum atomic E-state index is 12.7. The molecule has 2 aromatic carbocycles. The fourth-order valence-electron chi connectivity index (χ4n) is 2.99. The van der Waals surface area contributed by atoms with Crippen LogP contribution in [0, 0.1) is 0 Å². The predicted molar refractivity (Wildman–Crippen MR) is 102 cm³/mol. The number of benzene rings is 2. The molecule has 0 saturated carbocycles. The summed E-state index contributed by atoms with van der Waals surface area (Å²) in [7, 11) is 1.89. The third-order valence-electron chi connectivity index (χ3n) is 4.47. The van der Waals surface area contributed by atoms with Crippen molar-refractivity contribution in [2.45, 2.75) is 25.5 Å². The van der Waals surface area contributed by atoms with Crippen molar-refractivity contribution in [1.82, 2.24) is 10.2 Å². The molecule has 1 atom stereocenters. The van der Waals surface area contributed by atoms with Gasteiger partial charge in [0.2, 0.25) is 0 Å². The van der Waals surface area contributed by atoms with Crippen molar-refractivity contribution in [2.24, 2.45) is 0 Å². The third kappa shape index (κ3) is 5.21. The molecule has 0 unspecified atom stereocenters. The molecule has 5 heteroatoms. The molecule has 3 rings (SSSR count). The second-order valence-electron chi connectivity index (χ2n) is 6.22. The normalized spacial score (nSPS) is 16.6. The van der Waals surface area contributed by atoms with Gasteiger partial charge in [-0.05, 0) is 43.1 Å². The minimum absolute atomic E-state index is 0. The lowest BCUT2D eigenvalue weighted by Crippen LogP contribution is -2.46. The number of carbonyl (C=O) groups excluding carboxylic acids is 1. The Kier molecular flexibility index (Phi) is 7.29. The molecule has 1 saturated heterocycles. The minimum atomic E-state index is 0. The first-order valence-electron chi connectivity index (χ1n) is 8.49. The molecule has 0 aromatic heterocycles. The summed E-state index contributed by atoms with van der Waals surface area (Å²) in [5.74, 6) is 0.772. The van der Waals surface area contributed by atoms with Crippen LogP contribution in [-0.2, 0) is 6.61 Å². The van der Waals surface area contributed by atoms with Crippen molar-refractivity contribution >= 4 is 18.3 Å². The van der Waals surface area contributed by atoms with Crippen molar-refractivity contribution in [3.05, 3.63) is 65.7 Å². The van der Waals surface area contributed by atoms with Crippen LogP contribution in [0.3, 0.4) is 0 Å². The number of hydrogen-bond donors (Lipinski definition) is 1. The van der Waals surface area contributed by atoms with Crippen molar-refractivity contribution in [2.75, 3.05) is 20.1 Å². The van der Waals surface area contributed by atoms with Crippen LogP contribution in [0.5, 0.6) is 5.75 Å². The van der Waals surface area contributed by atoms with Gasteiger partial charge in [-0.3, -0.25) is 4.79 Å². The van der Waals surface area contributed by atoms with Crippen molar-refractivity contribution in [1.29, 1.82) is 0 Å². The van der Waals surface area contributed by atoms with Gasteiger partial charge in [0.25, 0.3) is 5.91 Å². The average molecular weight is 361 g/mol. The van der Waals surface area contributed by atoms with E-state index in [1.54, 1.807) is 0 Å². The van der Waals surface area contributed by atoms with E-state index in [9.17, 15) is 4.79 Å². The van der Waals surface area contributed by atoms with E-state index in [0.717, 1.165) is 37.2 Å². The molecule has 1 aliphatic rings. The highest BCUT2D eigenvalue weighted by Gasteiger charge is 2.23. The van der Waals surface area contributed by atoms with Crippen molar-refractivity contribution < 1.29 is 9.53 Å². The second kappa shape index (κ2) is 9.44. The van der Waals surface area contributed by atoms with E-state index in [1.807, 2.05) is 66.5 Å². The molecule has 0 aliphatic carbocycles. The summed E-state index contributed by atoms with van der Waals surface area (Å²) in [6.45, 7) is 2.41. The fraction of sp³-hybridized carbons (Fsp3) is 0.350. The number of piperidine rings is 1. The number of hydrogen-bond acceptors (Lipinski definition) is 3. The van der Waals surface area contributed by atoms with Crippen molar-refractivity contribution in [3.63, 3.8) is 0 Å². The van der Waals surface area contributed by atoms with Gasteiger partial charge in [-0.15, -0.1) is 12.4 Å². The van der Waals surface area contributed by atoms with E-state index in [1.165, 1.54) is 0 Å². The SMILES string of the molecule is CN(C(=O)c1cccc(OCc2ccccc2)c1)[C@@H]1CCCNC1.Cl. The molecule has 4 nitrogen and oxygen atoms in total. The van der Waals surface area contributed by atoms with Crippen LogP contribution >= 0.6 is 12.4 Å². The molecule has 134 valence electrons. The van der Waals surface area contributed by atoms with E-state index in [2.05, 4.69) is 5.32 Å². The molecule has 1 fully saturated rings. The van der Waals surface area contributed by atoms with Gasteiger partial charge in [-0.25, -0.2) is 0 Å². The number of halogens is 1. The Bertz CT molecular complexity index is 672. The van der Waals surface area contributed by atoms with Crippen LogP contribution in [0.15, 0.2) is 54.6 Å². The van der Waals surface area contributed by atoms with Gasteiger partial charge >= 0.3 is 0 Å². The summed E-state index contributed by atoms with van der Waals surface area (Å²) < 4.78 is 5.83. The summed E-state index contributed by atoms with van der Waals surface area (Å²) in [5.41, 5.74) is 1.79. The third-order valence-corrected chi connectivity index (χ3v) is 4.47. The first-order chi connectivity index (χ1) is 11.7. The van der Waals surface area contributed by atoms with Crippen LogP contribution < -0.4 is 10.1 Å². The van der Waals surface area contributed by atoms with Crippen LogP contribution in [-0.4, -0.2) is 37.0 Å². The Balaban J connectivity index is 0.00000225. The Morgan fingerprint density at radius 3 is 2.72 bits per heavy atom. The zero-order valence-corrected chi connectivity index (χ0v) is 15.3. The van der Waals surface area contributed by atoms with Crippen LogP contribution in [0.2, 0.25) is 0 Å². The highest BCUT2D eigenvalue weighted by Crippen LogP contribution is 2.18. The maximum Gasteiger partial charge on any atom is 0.254 e. The number of likely N-dealkylation sites (N-methyl/N-ethyl adjacent to an activating group) is 1. The number of rotatable bonds is 5. The van der Waals surface area contributed by atoms with Crippen LogP contribution in [0.25, 0.3) is 0 Å². The van der Waals surface area contributed by atoms with Gasteiger partial charge in [0, 0.05) is 25.2 Å². The van der Waals surface area contributed by atoms with Gasteiger partial charge in [0.05, 0.1) is 0 Å². The lowest BCUT2D eigenvalue weighted by atomic mass is 10.1. The summed E-state index contributed by atoms with van der Waals surface area (Å²) >= 11 is 0. The summed E-state index contributed by atoms with van der Waals surface area (Å²) in [4.78, 5) is 14.6. The molecule has 2 aromatic rings. The summed E-state index contributed by atoms with van der Waals surface area (Å²) in [5, 5.41) is 3.35. The lowest BCUT2D eigenvalue weighted by Gasteiger charge is -2.31. The van der Waals surface area contributed by atoms with Gasteiger partial charge in [0.15, 0.2) is 0 Å². The number of amides is 1. The number of ether oxygens (including phenoxy) is 1. The van der Waals surface area contributed by atoms with E-state index in [0.29, 0.717) is 12.2 Å². The zero-order valence-electron chi connectivity index (χ0n) is 14.5. The van der Waals surface area contributed by atoms with Crippen LogP contribution in [0.1, 0.15) is 28.8 Å². The Labute approximate surface area is 155 Å². The number of nitrogens with one attached hydrogen (secondary N) is 1. The molecule has 0 bridgehead atoms. The first-order valence-corrected chi connectivity index (χ1v) is 8.49. The summed E-state index contributed by atoms with van der Waals surface area (Å²) in [6, 6.07) is 17.7. The van der Waals surface area contributed by atoms with Gasteiger partial charge in [-0.1, -0.05) is 36.4 Å². The van der Waals surface area contributed by atoms with Gasteiger partial charge < -0.3 is 15.0 Å². The number of nitrogens with zero attached hydrogens (tertiary/aromatic N) is 1. The van der Waals surface area contributed by atoms with E-state index in [-0.39, 0.29) is 24.4 Å². The molecule has 0 radical (unpaired) electrons. The second-order valence-corrected chi connectivity index (χ2v) is 6.22. The van der Waals surface area contributed by atoms with Crippen molar-refractivity contribution in [3.8, 4) is 5.75 Å². The molecular weight excluding hydrogens is 336 g/mol. The lowest BCUT2D eigenvalue weighted by molar-refractivity contribution is 0.0708. The minimum Gasteiger partial charge on any atom is -0.489 e. The fourth-order valence-corrected chi connectivity index (χ4v) is 2.99. The maximum absolute atomic E-state index is 12.7. The predicted octanol–water partition coefficient (Wildman–Crippen LogP) is 3.51. The van der Waals surface area contributed by atoms with E-state index >= 15 is 0 Å². The molecule has 1 N–H and O–H groups in total. The summed E-state index contributed by atoms with van der Waals surface area (Å²) in [6.07, 6.45) is 2.17. The van der Waals surface area contributed by atoms with E-state index in [4.69, 9.17) is 4.74 Å². The molecular formula is C20H25ClN2O2. The monoisotopic (exact) mass is 360 g/mol. The first kappa shape index (κ1) is 19.3. The zero-order chi connectivity index (χ0) is 16.8. The highest BCUT2D eigenvalue weighted by molar-refractivity contribution is 5.94. The molecule has 1 aliphatic heterocycles. The Morgan fingerprint density at radius 1 is 1.20 bits per heavy atom. The molecule has 1 heterocycles. The quantitative estimate of drug-likeness (QED) is 0.887.